The number of rotatable bonds is 7. The van der Waals surface area contributed by atoms with E-state index in [4.69, 9.17) is 23.2 Å². The number of benzene rings is 2. The smallest absolute Gasteiger partial charge is 0.223 e. The van der Waals surface area contributed by atoms with E-state index >= 15 is 0 Å². The lowest BCUT2D eigenvalue weighted by Gasteiger charge is -2.30. The molecule has 1 saturated heterocycles. The zero-order valence-corrected chi connectivity index (χ0v) is 21.1. The van der Waals surface area contributed by atoms with Crippen LogP contribution in [0.5, 0.6) is 0 Å². The molecule has 180 valence electrons. The number of piperidine rings is 1. The minimum atomic E-state index is -3.55. The van der Waals surface area contributed by atoms with Gasteiger partial charge in [-0.1, -0.05) is 47.5 Å². The number of para-hydroxylation sites is 1. The van der Waals surface area contributed by atoms with Crippen LogP contribution >= 0.6 is 23.2 Å². The Kier molecular flexibility index (Phi) is 7.62. The predicted molar refractivity (Wildman–Crippen MR) is 134 cm³/mol. The lowest BCUT2D eigenvalue weighted by atomic mass is 9.97. The Morgan fingerprint density at radius 3 is 2.53 bits per heavy atom. The number of carbonyl (C=O) groups excluding carboxylic acids is 1. The average molecular weight is 521 g/mol. The Balaban J connectivity index is 1.33. The fraction of sp³-hybridized carbons (Fsp3) is 0.333. The summed E-state index contributed by atoms with van der Waals surface area (Å²) in [6.45, 7) is 2.92. The van der Waals surface area contributed by atoms with Gasteiger partial charge in [-0.25, -0.2) is 17.7 Å². The second kappa shape index (κ2) is 10.5. The third kappa shape index (κ3) is 5.63. The fourth-order valence-corrected chi connectivity index (χ4v) is 6.33. The monoisotopic (exact) mass is 520 g/mol. The number of carbonyl (C=O) groups is 1. The Morgan fingerprint density at radius 2 is 1.85 bits per heavy atom. The van der Waals surface area contributed by atoms with Crippen LogP contribution in [0, 0.1) is 12.8 Å². The second-order valence-corrected chi connectivity index (χ2v) is 11.2. The lowest BCUT2D eigenvalue weighted by molar-refractivity contribution is -0.126. The highest BCUT2D eigenvalue weighted by Crippen LogP contribution is 2.26. The van der Waals surface area contributed by atoms with E-state index in [0.29, 0.717) is 48.1 Å². The van der Waals surface area contributed by atoms with Crippen molar-refractivity contribution >= 4 is 39.1 Å². The van der Waals surface area contributed by atoms with Crippen LogP contribution < -0.4 is 5.32 Å². The maximum atomic E-state index is 12.9. The Bertz CT molecular complexity index is 1280. The van der Waals surface area contributed by atoms with Gasteiger partial charge in [-0.3, -0.25) is 4.79 Å². The van der Waals surface area contributed by atoms with Crippen LogP contribution in [0.4, 0.5) is 0 Å². The highest BCUT2D eigenvalue weighted by atomic mass is 35.5. The molecule has 3 aromatic rings. The van der Waals surface area contributed by atoms with Crippen molar-refractivity contribution in [2.24, 2.45) is 5.92 Å². The van der Waals surface area contributed by atoms with E-state index in [0.717, 1.165) is 17.1 Å². The molecule has 7 nitrogen and oxygen atoms in total. The van der Waals surface area contributed by atoms with Gasteiger partial charge in [-0.2, -0.15) is 0 Å². The fourth-order valence-electron chi connectivity index (χ4n) is 4.18. The lowest BCUT2D eigenvalue weighted by Crippen LogP contribution is -2.43. The number of halogens is 2. The van der Waals surface area contributed by atoms with Gasteiger partial charge in [-0.05, 0) is 49.1 Å². The van der Waals surface area contributed by atoms with E-state index in [1.165, 1.54) is 10.4 Å². The van der Waals surface area contributed by atoms with Gasteiger partial charge < -0.3 is 9.88 Å². The molecule has 0 saturated carbocycles. The molecule has 2 aromatic carbocycles. The molecule has 1 aliphatic heterocycles. The summed E-state index contributed by atoms with van der Waals surface area (Å²) in [6.07, 6.45) is 4.58. The number of imidazole rings is 1. The molecular weight excluding hydrogens is 495 g/mol. The summed E-state index contributed by atoms with van der Waals surface area (Å²) in [6, 6.07) is 12.7. The Morgan fingerprint density at radius 1 is 1.12 bits per heavy atom. The number of sulfonamides is 1. The Hall–Kier alpha value is -2.39. The van der Waals surface area contributed by atoms with E-state index in [1.54, 1.807) is 18.3 Å². The summed E-state index contributed by atoms with van der Waals surface area (Å²) < 4.78 is 29.2. The van der Waals surface area contributed by atoms with Crippen molar-refractivity contribution in [3.8, 4) is 5.69 Å². The standard InChI is InChI=1S/C24H26Cl2N4O3S/c1-17-27-10-13-30(17)23-5-3-2-4-19(23)15-28-24(31)18-8-11-29(12-9-18)34(32,33)16-20-6-7-21(25)14-22(20)26/h2-7,10,13-14,18H,8-9,11-12,15-16H2,1H3,(H,28,31). The number of aryl methyl sites for hydroxylation is 1. The molecule has 1 aromatic heterocycles. The first-order valence-corrected chi connectivity index (χ1v) is 13.4. The van der Waals surface area contributed by atoms with E-state index in [1.807, 2.05) is 42.0 Å². The van der Waals surface area contributed by atoms with Crippen LogP contribution in [0.1, 0.15) is 29.8 Å². The van der Waals surface area contributed by atoms with Crippen molar-refractivity contribution in [2.45, 2.75) is 32.1 Å². The zero-order chi connectivity index (χ0) is 24.3. The van der Waals surface area contributed by atoms with Crippen LogP contribution in [-0.2, 0) is 27.1 Å². The first-order chi connectivity index (χ1) is 16.2. The summed E-state index contributed by atoms with van der Waals surface area (Å²) in [7, 11) is -3.55. The number of hydrogen-bond acceptors (Lipinski definition) is 4. The number of nitrogens with one attached hydrogen (secondary N) is 1. The van der Waals surface area contributed by atoms with Gasteiger partial charge in [0.05, 0.1) is 11.4 Å². The molecular formula is C24H26Cl2N4O3S. The normalized spacial score (nSPS) is 15.4. The first-order valence-electron chi connectivity index (χ1n) is 11.0. The highest BCUT2D eigenvalue weighted by Gasteiger charge is 2.31. The number of hydrogen-bond donors (Lipinski definition) is 1. The number of nitrogens with zero attached hydrogens (tertiary/aromatic N) is 3. The molecule has 4 rings (SSSR count). The molecule has 1 amide bonds. The molecule has 1 aliphatic rings. The summed E-state index contributed by atoms with van der Waals surface area (Å²) in [5.74, 6) is 0.388. The third-order valence-corrected chi connectivity index (χ3v) is 8.52. The van der Waals surface area contributed by atoms with Crippen LogP contribution in [0.15, 0.2) is 54.9 Å². The number of aromatic nitrogens is 2. The summed E-state index contributed by atoms with van der Waals surface area (Å²) in [5, 5.41) is 3.82. The summed E-state index contributed by atoms with van der Waals surface area (Å²) >= 11 is 12.1. The molecule has 0 atom stereocenters. The largest absolute Gasteiger partial charge is 0.352 e. The molecule has 0 radical (unpaired) electrons. The molecule has 34 heavy (non-hydrogen) atoms. The maximum absolute atomic E-state index is 12.9. The van der Waals surface area contributed by atoms with Crippen molar-refractivity contribution in [3.63, 3.8) is 0 Å². The van der Waals surface area contributed by atoms with Crippen molar-refractivity contribution in [2.75, 3.05) is 13.1 Å². The van der Waals surface area contributed by atoms with Crippen LogP contribution in [0.2, 0.25) is 10.0 Å². The zero-order valence-electron chi connectivity index (χ0n) is 18.7. The van der Waals surface area contributed by atoms with Gasteiger partial charge >= 0.3 is 0 Å². The molecule has 0 spiro atoms. The van der Waals surface area contributed by atoms with Gasteiger partial charge in [0.2, 0.25) is 15.9 Å². The molecule has 0 bridgehead atoms. The van der Waals surface area contributed by atoms with Gasteiger partial charge in [0.25, 0.3) is 0 Å². The SMILES string of the molecule is Cc1nccn1-c1ccccc1CNC(=O)C1CCN(S(=O)(=O)Cc2ccc(Cl)cc2Cl)CC1. The maximum Gasteiger partial charge on any atom is 0.223 e. The number of amides is 1. The third-order valence-electron chi connectivity index (χ3n) is 6.10. The quantitative estimate of drug-likeness (QED) is 0.501. The Labute approximate surface area is 209 Å². The van der Waals surface area contributed by atoms with E-state index in [-0.39, 0.29) is 17.6 Å². The van der Waals surface area contributed by atoms with E-state index in [2.05, 4.69) is 10.3 Å². The van der Waals surface area contributed by atoms with Crippen LogP contribution in [-0.4, -0.2) is 41.3 Å². The molecule has 0 unspecified atom stereocenters. The summed E-state index contributed by atoms with van der Waals surface area (Å²) in [4.78, 5) is 17.1. The first kappa shape index (κ1) is 24.7. The van der Waals surface area contributed by atoms with Crippen molar-refractivity contribution < 1.29 is 13.2 Å². The predicted octanol–water partition coefficient (Wildman–Crippen LogP) is 4.35. The minimum absolute atomic E-state index is 0.0602. The van der Waals surface area contributed by atoms with Crippen LogP contribution in [0.25, 0.3) is 5.69 Å². The summed E-state index contributed by atoms with van der Waals surface area (Å²) in [5.41, 5.74) is 2.47. The highest BCUT2D eigenvalue weighted by molar-refractivity contribution is 7.88. The molecule has 2 heterocycles. The molecule has 1 N–H and O–H groups in total. The van der Waals surface area contributed by atoms with Crippen LogP contribution in [0.3, 0.4) is 0 Å². The minimum Gasteiger partial charge on any atom is -0.352 e. The van der Waals surface area contributed by atoms with Gasteiger partial charge in [-0.15, -0.1) is 0 Å². The van der Waals surface area contributed by atoms with E-state index in [9.17, 15) is 13.2 Å². The molecule has 1 fully saturated rings. The molecule has 0 aliphatic carbocycles. The van der Waals surface area contributed by atoms with Gasteiger partial charge in [0.1, 0.15) is 5.82 Å². The average Bonchev–Trinajstić information content (AvgIpc) is 3.25. The second-order valence-electron chi connectivity index (χ2n) is 8.36. The van der Waals surface area contributed by atoms with Crippen molar-refractivity contribution in [3.05, 3.63) is 81.9 Å². The van der Waals surface area contributed by atoms with Crippen molar-refractivity contribution in [1.82, 2.24) is 19.2 Å². The topological polar surface area (TPSA) is 84.3 Å². The van der Waals surface area contributed by atoms with Gasteiger partial charge in [0, 0.05) is 48.0 Å². The van der Waals surface area contributed by atoms with Crippen molar-refractivity contribution in [1.29, 1.82) is 0 Å². The van der Waals surface area contributed by atoms with Gasteiger partial charge in [0.15, 0.2) is 0 Å². The van der Waals surface area contributed by atoms with E-state index < -0.39 is 10.0 Å². The molecule has 10 heteroatoms.